The Morgan fingerprint density at radius 1 is 1.14 bits per heavy atom. The molecule has 1 aliphatic rings. The van der Waals surface area contributed by atoms with Crippen LogP contribution >= 0.6 is 11.8 Å². The number of allylic oxidation sites excluding steroid dienone is 1. The maximum atomic E-state index is 12.6. The van der Waals surface area contributed by atoms with E-state index < -0.39 is 5.91 Å². The van der Waals surface area contributed by atoms with Gasteiger partial charge in [-0.2, -0.15) is 0 Å². The van der Waals surface area contributed by atoms with E-state index in [9.17, 15) is 14.4 Å². The summed E-state index contributed by atoms with van der Waals surface area (Å²) in [6.45, 7) is 2.00. The summed E-state index contributed by atoms with van der Waals surface area (Å²) in [5.74, 6) is 0.636. The number of rotatable bonds is 8. The minimum Gasteiger partial charge on any atom is -0.493 e. The Kier molecular flexibility index (Phi) is 7.51. The molecule has 1 aromatic rings. The van der Waals surface area contributed by atoms with Crippen molar-refractivity contribution in [1.82, 2.24) is 10.2 Å². The first-order valence-corrected chi connectivity index (χ1v) is 9.22. The highest BCUT2D eigenvalue weighted by Gasteiger charge is 2.34. The van der Waals surface area contributed by atoms with Gasteiger partial charge in [0.15, 0.2) is 11.5 Å². The Balaban J connectivity index is 2.18. The zero-order valence-electron chi connectivity index (χ0n) is 16.1. The number of ether oxygens (including phenoxy) is 3. The minimum absolute atomic E-state index is 0.0978. The molecule has 1 N–H and O–H groups in total. The quantitative estimate of drug-likeness (QED) is 0.663. The van der Waals surface area contributed by atoms with Gasteiger partial charge in [0.05, 0.1) is 26.2 Å². The van der Waals surface area contributed by atoms with Crippen molar-refractivity contribution in [2.75, 3.05) is 34.4 Å². The molecule has 0 unspecified atom stereocenters. The smallest absolute Gasteiger partial charge is 0.293 e. The van der Waals surface area contributed by atoms with Gasteiger partial charge in [0.25, 0.3) is 11.1 Å². The van der Waals surface area contributed by atoms with Crippen LogP contribution in [0, 0.1) is 0 Å². The van der Waals surface area contributed by atoms with Crippen molar-refractivity contribution in [3.63, 3.8) is 0 Å². The van der Waals surface area contributed by atoms with Crippen molar-refractivity contribution in [1.29, 1.82) is 0 Å². The van der Waals surface area contributed by atoms with Crippen molar-refractivity contribution in [3.05, 3.63) is 34.8 Å². The van der Waals surface area contributed by atoms with Gasteiger partial charge < -0.3 is 19.5 Å². The van der Waals surface area contributed by atoms with Crippen LogP contribution in [0.5, 0.6) is 17.2 Å². The fourth-order valence-corrected chi connectivity index (χ4v) is 3.40. The molecule has 2 rings (SSSR count). The van der Waals surface area contributed by atoms with Crippen LogP contribution in [-0.4, -0.2) is 56.4 Å². The number of carbonyl (C=O) groups excluding carboxylic acids is 3. The number of benzene rings is 1. The molecule has 1 saturated heterocycles. The number of hydrogen-bond donors (Lipinski definition) is 1. The van der Waals surface area contributed by atoms with Gasteiger partial charge in [-0.15, -0.1) is 0 Å². The molecule has 9 heteroatoms. The highest BCUT2D eigenvalue weighted by molar-refractivity contribution is 8.18. The van der Waals surface area contributed by atoms with E-state index in [1.165, 1.54) is 27.4 Å². The number of thioether (sulfide) groups is 1. The second-order valence-corrected chi connectivity index (χ2v) is 6.58. The van der Waals surface area contributed by atoms with Gasteiger partial charge in [0.1, 0.15) is 0 Å². The lowest BCUT2D eigenvalue weighted by Gasteiger charge is -2.13. The number of methoxy groups -OCH3 is 3. The van der Waals surface area contributed by atoms with Gasteiger partial charge in [-0.3, -0.25) is 19.3 Å². The first-order chi connectivity index (χ1) is 13.4. The Hall–Kier alpha value is -2.94. The van der Waals surface area contributed by atoms with Crippen molar-refractivity contribution in [3.8, 4) is 17.2 Å². The SMILES string of the molecule is CC=CC(=O)NCCN1C(=O)SC(=Cc2cc(OC)c(OC)c(OC)c2)C1=O. The topological polar surface area (TPSA) is 94.2 Å². The lowest BCUT2D eigenvalue weighted by Crippen LogP contribution is -2.36. The fraction of sp³-hybridized carbons (Fsp3) is 0.316. The summed E-state index contributed by atoms with van der Waals surface area (Å²) in [5, 5.41) is 2.23. The third-order valence-corrected chi connectivity index (χ3v) is 4.72. The second kappa shape index (κ2) is 9.84. The molecule has 0 atom stereocenters. The monoisotopic (exact) mass is 406 g/mol. The van der Waals surface area contributed by atoms with Gasteiger partial charge in [0.2, 0.25) is 11.7 Å². The Morgan fingerprint density at radius 3 is 2.32 bits per heavy atom. The maximum Gasteiger partial charge on any atom is 0.293 e. The maximum absolute atomic E-state index is 12.6. The number of nitrogens with zero attached hydrogens (tertiary/aromatic N) is 1. The van der Waals surface area contributed by atoms with Crippen LogP contribution < -0.4 is 19.5 Å². The predicted octanol–water partition coefficient (Wildman–Crippen LogP) is 2.44. The minimum atomic E-state index is -0.413. The van der Waals surface area contributed by atoms with Crippen molar-refractivity contribution in [2.24, 2.45) is 0 Å². The van der Waals surface area contributed by atoms with E-state index in [1.807, 2.05) is 0 Å². The molecule has 150 valence electrons. The molecule has 1 fully saturated rings. The Bertz CT molecular complexity index is 809. The molecule has 0 saturated carbocycles. The van der Waals surface area contributed by atoms with Crippen LogP contribution in [0.2, 0.25) is 0 Å². The molecule has 3 amide bonds. The third-order valence-electron chi connectivity index (χ3n) is 3.81. The van der Waals surface area contributed by atoms with Gasteiger partial charge in [0, 0.05) is 13.1 Å². The molecule has 0 aromatic heterocycles. The standard InChI is InChI=1S/C19H22N2O6S/c1-5-6-16(22)20-7-8-21-18(23)15(28-19(21)24)11-12-9-13(25-2)17(27-4)14(10-12)26-3/h5-6,9-11H,7-8H2,1-4H3,(H,20,22). The Morgan fingerprint density at radius 2 is 1.79 bits per heavy atom. The average Bonchev–Trinajstić information content (AvgIpc) is 2.94. The summed E-state index contributed by atoms with van der Waals surface area (Å²) < 4.78 is 15.9. The van der Waals surface area contributed by atoms with Crippen molar-refractivity contribution < 1.29 is 28.6 Å². The molecule has 1 aromatic carbocycles. The normalized spacial score (nSPS) is 15.4. The van der Waals surface area contributed by atoms with Crippen LogP contribution in [0.15, 0.2) is 29.2 Å². The zero-order valence-corrected chi connectivity index (χ0v) is 16.9. The largest absolute Gasteiger partial charge is 0.493 e. The van der Waals surface area contributed by atoms with E-state index in [-0.39, 0.29) is 29.1 Å². The molecule has 1 aliphatic heterocycles. The van der Waals surface area contributed by atoms with Crippen LogP contribution in [0.3, 0.4) is 0 Å². The van der Waals surface area contributed by atoms with Gasteiger partial charge in [-0.25, -0.2) is 0 Å². The summed E-state index contributed by atoms with van der Waals surface area (Å²) >= 11 is 0.842. The molecule has 0 bridgehead atoms. The molecular formula is C19H22N2O6S. The lowest BCUT2D eigenvalue weighted by atomic mass is 10.1. The molecule has 0 radical (unpaired) electrons. The fourth-order valence-electron chi connectivity index (χ4n) is 2.53. The highest BCUT2D eigenvalue weighted by atomic mass is 32.2. The van der Waals surface area contributed by atoms with Crippen LogP contribution in [0.25, 0.3) is 6.08 Å². The van der Waals surface area contributed by atoms with E-state index in [0.29, 0.717) is 22.8 Å². The van der Waals surface area contributed by atoms with Crippen molar-refractivity contribution in [2.45, 2.75) is 6.92 Å². The highest BCUT2D eigenvalue weighted by Crippen LogP contribution is 2.40. The predicted molar refractivity (Wildman–Crippen MR) is 107 cm³/mol. The van der Waals surface area contributed by atoms with E-state index in [2.05, 4.69) is 5.32 Å². The number of amides is 3. The van der Waals surface area contributed by atoms with Gasteiger partial charge in [-0.1, -0.05) is 6.08 Å². The molecule has 8 nitrogen and oxygen atoms in total. The summed E-state index contributed by atoms with van der Waals surface area (Å²) in [6.07, 6.45) is 4.57. The van der Waals surface area contributed by atoms with E-state index in [4.69, 9.17) is 14.2 Å². The first-order valence-electron chi connectivity index (χ1n) is 8.41. The number of hydrogen-bond acceptors (Lipinski definition) is 7. The Labute approximate surface area is 167 Å². The van der Waals surface area contributed by atoms with Crippen molar-refractivity contribution >= 4 is 34.9 Å². The van der Waals surface area contributed by atoms with Gasteiger partial charge >= 0.3 is 0 Å². The molecule has 0 spiro atoms. The molecular weight excluding hydrogens is 384 g/mol. The van der Waals surface area contributed by atoms with Crippen LogP contribution in [-0.2, 0) is 9.59 Å². The van der Waals surface area contributed by atoms with Gasteiger partial charge in [-0.05, 0) is 48.5 Å². The van der Waals surface area contributed by atoms with E-state index in [1.54, 1.807) is 31.2 Å². The molecule has 28 heavy (non-hydrogen) atoms. The summed E-state index contributed by atoms with van der Waals surface area (Å²) in [7, 11) is 4.49. The van der Waals surface area contributed by atoms with E-state index in [0.717, 1.165) is 16.7 Å². The molecule has 0 aliphatic carbocycles. The number of imide groups is 1. The van der Waals surface area contributed by atoms with Crippen LogP contribution in [0.4, 0.5) is 4.79 Å². The lowest BCUT2D eigenvalue weighted by molar-refractivity contribution is -0.123. The summed E-state index contributed by atoms with van der Waals surface area (Å²) in [5.41, 5.74) is 0.626. The molecule has 1 heterocycles. The zero-order chi connectivity index (χ0) is 20.7. The average molecular weight is 406 g/mol. The third kappa shape index (κ3) is 4.86. The summed E-state index contributed by atoms with van der Waals surface area (Å²) in [4.78, 5) is 37.5. The number of carbonyl (C=O) groups is 3. The number of nitrogens with one attached hydrogen (secondary N) is 1. The van der Waals surface area contributed by atoms with Crippen LogP contribution in [0.1, 0.15) is 12.5 Å². The second-order valence-electron chi connectivity index (χ2n) is 5.58. The van der Waals surface area contributed by atoms with E-state index >= 15 is 0 Å². The first kappa shape index (κ1) is 21.4. The summed E-state index contributed by atoms with van der Waals surface area (Å²) in [6, 6.07) is 3.37.